The van der Waals surface area contributed by atoms with Gasteiger partial charge in [0.1, 0.15) is 5.00 Å². The number of para-hydroxylation sites is 1. The number of nitrogens with zero attached hydrogens (tertiary/aromatic N) is 1. The van der Waals surface area contributed by atoms with Crippen LogP contribution in [0.5, 0.6) is 0 Å². The van der Waals surface area contributed by atoms with Gasteiger partial charge in [-0.15, -0.1) is 11.3 Å². The lowest BCUT2D eigenvalue weighted by Gasteiger charge is -2.14. The molecule has 2 heterocycles. The number of hydrogen-bond acceptors (Lipinski definition) is 2. The van der Waals surface area contributed by atoms with Crippen LogP contribution in [0.3, 0.4) is 0 Å². The Morgan fingerprint density at radius 2 is 1.64 bits per heavy atom. The number of amides is 1. The molecule has 0 aliphatic carbocycles. The normalized spacial score (nSPS) is 15.4. The fourth-order valence-electron chi connectivity index (χ4n) is 2.71. The van der Waals surface area contributed by atoms with E-state index in [9.17, 15) is 4.79 Å². The minimum absolute atomic E-state index is 0.0347. The number of fused-ring (bicyclic) bond motifs is 1. The second kappa shape index (κ2) is 5.28. The molecular formula is C19H13NOS. The number of carbonyl (C=O) groups is 1. The van der Waals surface area contributed by atoms with Crippen LogP contribution in [-0.4, -0.2) is 5.91 Å². The molecule has 1 aliphatic rings. The topological polar surface area (TPSA) is 20.3 Å². The Labute approximate surface area is 133 Å². The fraction of sp³-hybridized carbons (Fsp3) is 0. The molecule has 0 N–H and O–H groups in total. The number of anilines is 2. The maximum Gasteiger partial charge on any atom is 0.264 e. The SMILES string of the molecule is O=C1C(=Cc2ccccc2)c2ccccc2N1c1cccs1. The smallest absolute Gasteiger partial charge is 0.264 e. The lowest BCUT2D eigenvalue weighted by atomic mass is 10.0. The molecule has 1 aromatic heterocycles. The van der Waals surface area contributed by atoms with Crippen molar-refractivity contribution in [2.24, 2.45) is 0 Å². The quantitative estimate of drug-likeness (QED) is 0.612. The van der Waals surface area contributed by atoms with E-state index >= 15 is 0 Å². The van der Waals surface area contributed by atoms with Crippen LogP contribution in [0.4, 0.5) is 10.7 Å². The zero-order valence-corrected chi connectivity index (χ0v) is 12.6. The molecule has 4 rings (SSSR count). The fourth-order valence-corrected chi connectivity index (χ4v) is 3.45. The van der Waals surface area contributed by atoms with Gasteiger partial charge in [-0.2, -0.15) is 0 Å². The van der Waals surface area contributed by atoms with Crippen LogP contribution in [0.2, 0.25) is 0 Å². The van der Waals surface area contributed by atoms with Crippen molar-refractivity contribution in [2.75, 3.05) is 4.90 Å². The Balaban J connectivity index is 1.88. The highest BCUT2D eigenvalue weighted by Crippen LogP contribution is 2.43. The average Bonchev–Trinajstić information content (AvgIpc) is 3.16. The molecule has 106 valence electrons. The third-order valence-corrected chi connectivity index (χ3v) is 4.56. The first-order valence-electron chi connectivity index (χ1n) is 7.09. The molecule has 0 fully saturated rings. The van der Waals surface area contributed by atoms with Crippen LogP contribution in [0.1, 0.15) is 11.1 Å². The molecule has 0 atom stereocenters. The first-order valence-corrected chi connectivity index (χ1v) is 7.97. The Hall–Kier alpha value is -2.65. The summed E-state index contributed by atoms with van der Waals surface area (Å²) < 4.78 is 0. The van der Waals surface area contributed by atoms with Crippen molar-refractivity contribution in [3.8, 4) is 0 Å². The van der Waals surface area contributed by atoms with E-state index in [1.165, 1.54) is 0 Å². The summed E-state index contributed by atoms with van der Waals surface area (Å²) in [5.41, 5.74) is 3.73. The second-order valence-electron chi connectivity index (χ2n) is 5.08. The largest absolute Gasteiger partial charge is 0.268 e. The van der Waals surface area contributed by atoms with Gasteiger partial charge in [-0.25, -0.2) is 0 Å². The van der Waals surface area contributed by atoms with Gasteiger partial charge in [0.25, 0.3) is 5.91 Å². The van der Waals surface area contributed by atoms with Gasteiger partial charge in [-0.3, -0.25) is 9.69 Å². The van der Waals surface area contributed by atoms with Gasteiger partial charge in [0.05, 0.1) is 11.3 Å². The molecule has 3 aromatic rings. The highest BCUT2D eigenvalue weighted by atomic mass is 32.1. The molecule has 3 heteroatoms. The van der Waals surface area contributed by atoms with Crippen LogP contribution in [0.25, 0.3) is 11.6 Å². The van der Waals surface area contributed by atoms with E-state index < -0.39 is 0 Å². The Morgan fingerprint density at radius 1 is 0.864 bits per heavy atom. The first-order chi connectivity index (χ1) is 10.8. The predicted octanol–water partition coefficient (Wildman–Crippen LogP) is 4.97. The Morgan fingerprint density at radius 3 is 2.41 bits per heavy atom. The van der Waals surface area contributed by atoms with Crippen molar-refractivity contribution in [1.29, 1.82) is 0 Å². The first kappa shape index (κ1) is 13.0. The van der Waals surface area contributed by atoms with Crippen LogP contribution in [-0.2, 0) is 4.79 Å². The summed E-state index contributed by atoms with van der Waals surface area (Å²) in [4.78, 5) is 14.7. The predicted molar refractivity (Wildman–Crippen MR) is 92.2 cm³/mol. The summed E-state index contributed by atoms with van der Waals surface area (Å²) in [6.07, 6.45) is 1.97. The number of thiophene rings is 1. The molecule has 0 bridgehead atoms. The molecule has 0 saturated carbocycles. The van der Waals surface area contributed by atoms with Crippen molar-refractivity contribution < 1.29 is 4.79 Å². The zero-order valence-electron chi connectivity index (χ0n) is 11.8. The van der Waals surface area contributed by atoms with Crippen LogP contribution >= 0.6 is 11.3 Å². The van der Waals surface area contributed by atoms with E-state index in [1.807, 2.05) is 78.2 Å². The third kappa shape index (κ3) is 2.07. The molecule has 0 unspecified atom stereocenters. The lowest BCUT2D eigenvalue weighted by molar-refractivity contribution is -0.112. The molecule has 22 heavy (non-hydrogen) atoms. The van der Waals surface area contributed by atoms with Gasteiger partial charge < -0.3 is 0 Å². The second-order valence-corrected chi connectivity index (χ2v) is 6.00. The van der Waals surface area contributed by atoms with Gasteiger partial charge in [0, 0.05) is 5.56 Å². The minimum Gasteiger partial charge on any atom is -0.268 e. The van der Waals surface area contributed by atoms with E-state index in [0.717, 1.165) is 27.4 Å². The maximum absolute atomic E-state index is 12.9. The number of benzene rings is 2. The maximum atomic E-state index is 12.9. The zero-order chi connectivity index (χ0) is 14.9. The van der Waals surface area contributed by atoms with Crippen molar-refractivity contribution >= 4 is 39.6 Å². The van der Waals surface area contributed by atoms with E-state index in [1.54, 1.807) is 16.2 Å². The molecule has 0 spiro atoms. The molecule has 0 saturated heterocycles. The molecule has 1 aliphatic heterocycles. The summed E-state index contributed by atoms with van der Waals surface area (Å²) >= 11 is 1.57. The molecule has 0 radical (unpaired) electrons. The van der Waals surface area contributed by atoms with Gasteiger partial charge in [-0.05, 0) is 35.2 Å². The van der Waals surface area contributed by atoms with Crippen molar-refractivity contribution in [2.45, 2.75) is 0 Å². The molecular weight excluding hydrogens is 290 g/mol. The Bertz CT molecular complexity index is 850. The highest BCUT2D eigenvalue weighted by molar-refractivity contribution is 7.14. The van der Waals surface area contributed by atoms with E-state index in [0.29, 0.717) is 0 Å². The summed E-state index contributed by atoms with van der Waals surface area (Å²) in [5, 5.41) is 2.94. The molecule has 2 aromatic carbocycles. The van der Waals surface area contributed by atoms with Gasteiger partial charge >= 0.3 is 0 Å². The lowest BCUT2D eigenvalue weighted by Crippen LogP contribution is -2.19. The van der Waals surface area contributed by atoms with Gasteiger partial charge in [0.15, 0.2) is 0 Å². The minimum atomic E-state index is 0.0347. The van der Waals surface area contributed by atoms with E-state index in [4.69, 9.17) is 0 Å². The van der Waals surface area contributed by atoms with E-state index in [2.05, 4.69) is 0 Å². The summed E-state index contributed by atoms with van der Waals surface area (Å²) in [5.74, 6) is 0.0347. The van der Waals surface area contributed by atoms with Crippen LogP contribution < -0.4 is 4.90 Å². The molecule has 2 nitrogen and oxygen atoms in total. The van der Waals surface area contributed by atoms with Crippen molar-refractivity contribution in [3.05, 3.63) is 83.2 Å². The third-order valence-electron chi connectivity index (χ3n) is 3.71. The van der Waals surface area contributed by atoms with Crippen LogP contribution in [0.15, 0.2) is 72.1 Å². The van der Waals surface area contributed by atoms with Gasteiger partial charge in [0.2, 0.25) is 0 Å². The number of hydrogen-bond donors (Lipinski definition) is 0. The summed E-state index contributed by atoms with van der Waals surface area (Å²) in [6.45, 7) is 0. The summed E-state index contributed by atoms with van der Waals surface area (Å²) in [7, 11) is 0. The molecule has 1 amide bonds. The van der Waals surface area contributed by atoms with E-state index in [-0.39, 0.29) is 5.91 Å². The number of rotatable bonds is 2. The highest BCUT2D eigenvalue weighted by Gasteiger charge is 2.33. The van der Waals surface area contributed by atoms with Gasteiger partial charge in [-0.1, -0.05) is 48.5 Å². The summed E-state index contributed by atoms with van der Waals surface area (Å²) in [6, 6.07) is 21.9. The monoisotopic (exact) mass is 303 g/mol. The number of carbonyl (C=O) groups excluding carboxylic acids is 1. The van der Waals surface area contributed by atoms with Crippen molar-refractivity contribution in [3.63, 3.8) is 0 Å². The standard InChI is InChI=1S/C19H13NOS/c21-19-16(13-14-7-2-1-3-8-14)15-9-4-5-10-17(15)20(19)18-11-6-12-22-18/h1-13H. The Kier molecular flexibility index (Phi) is 3.13. The van der Waals surface area contributed by atoms with Crippen LogP contribution in [0, 0.1) is 0 Å². The average molecular weight is 303 g/mol. The van der Waals surface area contributed by atoms with Crippen molar-refractivity contribution in [1.82, 2.24) is 0 Å².